The maximum Gasteiger partial charge on any atom is 0.358 e. The first-order valence-corrected chi connectivity index (χ1v) is 6.70. The highest BCUT2D eigenvalue weighted by molar-refractivity contribution is 9.10. The number of methoxy groups -OCH3 is 2. The molecule has 0 amide bonds. The van der Waals surface area contributed by atoms with Gasteiger partial charge in [-0.05, 0) is 18.2 Å². The number of hydrogen-bond acceptors (Lipinski definition) is 5. The summed E-state index contributed by atoms with van der Waals surface area (Å²) in [6.45, 7) is 0. The Bertz CT molecular complexity index is 582. The van der Waals surface area contributed by atoms with Gasteiger partial charge in [0, 0.05) is 10.0 Å². The molecule has 18 heavy (non-hydrogen) atoms. The Morgan fingerprint density at radius 2 is 2.17 bits per heavy atom. The van der Waals surface area contributed by atoms with Gasteiger partial charge < -0.3 is 9.47 Å². The first kappa shape index (κ1) is 13.0. The SMILES string of the molecule is COC(=O)c1ncsc1-c1cc(Br)ccc1OC. The van der Waals surface area contributed by atoms with Gasteiger partial charge in [-0.25, -0.2) is 9.78 Å². The van der Waals surface area contributed by atoms with E-state index < -0.39 is 5.97 Å². The van der Waals surface area contributed by atoms with Crippen LogP contribution >= 0.6 is 27.3 Å². The average molecular weight is 328 g/mol. The predicted molar refractivity (Wildman–Crippen MR) is 73.1 cm³/mol. The van der Waals surface area contributed by atoms with Crippen LogP contribution in [0.15, 0.2) is 28.2 Å². The highest BCUT2D eigenvalue weighted by atomic mass is 79.9. The Balaban J connectivity index is 2.58. The van der Waals surface area contributed by atoms with E-state index in [4.69, 9.17) is 9.47 Å². The monoisotopic (exact) mass is 327 g/mol. The van der Waals surface area contributed by atoms with Crippen LogP contribution in [0.2, 0.25) is 0 Å². The zero-order chi connectivity index (χ0) is 13.1. The van der Waals surface area contributed by atoms with Crippen molar-refractivity contribution in [2.75, 3.05) is 14.2 Å². The maximum absolute atomic E-state index is 11.6. The summed E-state index contributed by atoms with van der Waals surface area (Å²) in [6, 6.07) is 5.60. The van der Waals surface area contributed by atoms with Gasteiger partial charge in [-0.2, -0.15) is 0 Å². The fraction of sp³-hybridized carbons (Fsp3) is 0.167. The third-order valence-electron chi connectivity index (χ3n) is 2.35. The summed E-state index contributed by atoms with van der Waals surface area (Å²) < 4.78 is 10.9. The smallest absolute Gasteiger partial charge is 0.358 e. The zero-order valence-corrected chi connectivity index (χ0v) is 12.2. The van der Waals surface area contributed by atoms with E-state index in [-0.39, 0.29) is 0 Å². The molecule has 0 spiro atoms. The minimum Gasteiger partial charge on any atom is -0.496 e. The molecule has 1 heterocycles. The number of carbonyl (C=O) groups is 1. The summed E-state index contributed by atoms with van der Waals surface area (Å²) in [4.78, 5) is 16.4. The van der Waals surface area contributed by atoms with Gasteiger partial charge in [-0.3, -0.25) is 0 Å². The van der Waals surface area contributed by atoms with E-state index in [1.165, 1.54) is 18.4 Å². The first-order chi connectivity index (χ1) is 8.67. The Kier molecular flexibility index (Phi) is 3.98. The molecule has 0 unspecified atom stereocenters. The van der Waals surface area contributed by atoms with Crippen LogP contribution in [0.1, 0.15) is 10.5 Å². The van der Waals surface area contributed by atoms with E-state index >= 15 is 0 Å². The highest BCUT2D eigenvalue weighted by Crippen LogP contribution is 2.37. The number of halogens is 1. The number of aromatic nitrogens is 1. The van der Waals surface area contributed by atoms with Gasteiger partial charge in [0.15, 0.2) is 5.69 Å². The van der Waals surface area contributed by atoms with Gasteiger partial charge >= 0.3 is 5.97 Å². The molecule has 4 nitrogen and oxygen atoms in total. The number of benzene rings is 1. The third-order valence-corrected chi connectivity index (χ3v) is 3.71. The second kappa shape index (κ2) is 5.49. The summed E-state index contributed by atoms with van der Waals surface area (Å²) in [6.07, 6.45) is 0. The van der Waals surface area contributed by atoms with Crippen molar-refractivity contribution in [3.63, 3.8) is 0 Å². The third kappa shape index (κ3) is 2.39. The van der Waals surface area contributed by atoms with Crippen molar-refractivity contribution in [3.8, 4) is 16.2 Å². The molecule has 0 aliphatic carbocycles. The second-order valence-electron chi connectivity index (χ2n) is 3.37. The molecule has 0 fully saturated rings. The Morgan fingerprint density at radius 3 is 2.83 bits per heavy atom. The number of ether oxygens (including phenoxy) is 2. The largest absolute Gasteiger partial charge is 0.496 e. The van der Waals surface area contributed by atoms with Crippen molar-refractivity contribution < 1.29 is 14.3 Å². The summed E-state index contributed by atoms with van der Waals surface area (Å²) in [7, 11) is 2.93. The average Bonchev–Trinajstić information content (AvgIpc) is 2.86. The summed E-state index contributed by atoms with van der Waals surface area (Å²) in [5, 5.41) is 0. The van der Waals surface area contributed by atoms with Crippen molar-refractivity contribution in [1.29, 1.82) is 0 Å². The van der Waals surface area contributed by atoms with Crippen LogP contribution in [0, 0.1) is 0 Å². The zero-order valence-electron chi connectivity index (χ0n) is 9.77. The van der Waals surface area contributed by atoms with E-state index in [0.717, 1.165) is 14.9 Å². The lowest BCUT2D eigenvalue weighted by Crippen LogP contribution is -2.03. The van der Waals surface area contributed by atoms with E-state index in [1.807, 2.05) is 18.2 Å². The molecule has 0 saturated carbocycles. The van der Waals surface area contributed by atoms with Gasteiger partial charge in [0.25, 0.3) is 0 Å². The molecule has 0 N–H and O–H groups in total. The van der Waals surface area contributed by atoms with E-state index in [0.29, 0.717) is 11.4 Å². The number of thiazole rings is 1. The molecule has 2 rings (SSSR count). The van der Waals surface area contributed by atoms with Gasteiger partial charge in [0.05, 0.1) is 24.6 Å². The lowest BCUT2D eigenvalue weighted by atomic mass is 10.1. The fourth-order valence-corrected chi connectivity index (χ4v) is 2.70. The standard InChI is InChI=1S/C12H10BrNO3S/c1-16-9-4-3-7(13)5-8(9)11-10(12(15)17-2)14-6-18-11/h3-6H,1-2H3. The summed E-state index contributed by atoms with van der Waals surface area (Å²) in [5.74, 6) is 0.237. The summed E-state index contributed by atoms with van der Waals surface area (Å²) >= 11 is 4.77. The molecule has 0 radical (unpaired) electrons. The highest BCUT2D eigenvalue weighted by Gasteiger charge is 2.19. The Hall–Kier alpha value is -1.40. The fourth-order valence-electron chi connectivity index (χ4n) is 1.54. The van der Waals surface area contributed by atoms with Crippen molar-refractivity contribution in [2.45, 2.75) is 0 Å². The van der Waals surface area contributed by atoms with E-state index in [1.54, 1.807) is 12.6 Å². The van der Waals surface area contributed by atoms with Crippen molar-refractivity contribution in [3.05, 3.63) is 33.9 Å². The molecular weight excluding hydrogens is 318 g/mol. The van der Waals surface area contributed by atoms with E-state index in [2.05, 4.69) is 20.9 Å². The lowest BCUT2D eigenvalue weighted by molar-refractivity contribution is 0.0596. The van der Waals surface area contributed by atoms with E-state index in [9.17, 15) is 4.79 Å². The number of carbonyl (C=O) groups excluding carboxylic acids is 1. The number of hydrogen-bond donors (Lipinski definition) is 0. The van der Waals surface area contributed by atoms with Gasteiger partial charge in [0.1, 0.15) is 5.75 Å². The molecule has 0 aliphatic rings. The minimum absolute atomic E-state index is 0.305. The molecule has 94 valence electrons. The quantitative estimate of drug-likeness (QED) is 0.811. The molecule has 0 aliphatic heterocycles. The molecule has 0 saturated heterocycles. The summed E-state index contributed by atoms with van der Waals surface area (Å²) in [5.41, 5.74) is 2.73. The van der Waals surface area contributed by atoms with Crippen LogP contribution in [0.3, 0.4) is 0 Å². The van der Waals surface area contributed by atoms with Gasteiger partial charge in [-0.1, -0.05) is 15.9 Å². The van der Waals surface area contributed by atoms with Crippen LogP contribution in [0.5, 0.6) is 5.75 Å². The molecule has 6 heteroatoms. The van der Waals surface area contributed by atoms with Crippen LogP contribution in [-0.2, 0) is 4.74 Å². The van der Waals surface area contributed by atoms with Crippen molar-refractivity contribution in [1.82, 2.24) is 4.98 Å². The van der Waals surface area contributed by atoms with Crippen LogP contribution in [0.25, 0.3) is 10.4 Å². The molecule has 0 atom stereocenters. The number of rotatable bonds is 3. The maximum atomic E-state index is 11.6. The molecule has 2 aromatic rings. The Labute approximate surface area is 117 Å². The van der Waals surface area contributed by atoms with Gasteiger partial charge in [-0.15, -0.1) is 11.3 Å². The predicted octanol–water partition coefficient (Wildman–Crippen LogP) is 3.37. The van der Waals surface area contributed by atoms with Crippen molar-refractivity contribution in [2.24, 2.45) is 0 Å². The molecule has 1 aromatic heterocycles. The molecule has 1 aromatic carbocycles. The van der Waals surface area contributed by atoms with Crippen LogP contribution in [-0.4, -0.2) is 25.2 Å². The normalized spacial score (nSPS) is 10.2. The van der Waals surface area contributed by atoms with Crippen molar-refractivity contribution >= 4 is 33.2 Å². The van der Waals surface area contributed by atoms with Gasteiger partial charge in [0.2, 0.25) is 0 Å². The first-order valence-electron chi connectivity index (χ1n) is 5.03. The number of esters is 1. The minimum atomic E-state index is -0.451. The second-order valence-corrected chi connectivity index (χ2v) is 5.14. The molecule has 0 bridgehead atoms. The number of nitrogens with zero attached hydrogens (tertiary/aromatic N) is 1. The molecular formula is C12H10BrNO3S. The van der Waals surface area contributed by atoms with Crippen LogP contribution < -0.4 is 4.74 Å². The lowest BCUT2D eigenvalue weighted by Gasteiger charge is -2.08. The topological polar surface area (TPSA) is 48.4 Å². The van der Waals surface area contributed by atoms with Crippen LogP contribution in [0.4, 0.5) is 0 Å². The Morgan fingerprint density at radius 1 is 1.39 bits per heavy atom.